The third kappa shape index (κ3) is 5.45. The Labute approximate surface area is 177 Å². The maximum Gasteiger partial charge on any atom is 0.358 e. The van der Waals surface area contributed by atoms with Gasteiger partial charge in [-0.05, 0) is 55.0 Å². The van der Waals surface area contributed by atoms with Crippen molar-refractivity contribution in [2.24, 2.45) is 0 Å². The van der Waals surface area contributed by atoms with Gasteiger partial charge in [-0.15, -0.1) is 0 Å². The van der Waals surface area contributed by atoms with Gasteiger partial charge in [0.2, 0.25) is 0 Å². The second kappa shape index (κ2) is 9.38. The van der Waals surface area contributed by atoms with Crippen molar-refractivity contribution in [1.82, 2.24) is 14.7 Å². The minimum absolute atomic E-state index is 0.204. The Hall–Kier alpha value is -3.13. The second-order valence-electron chi connectivity index (χ2n) is 6.33. The maximum absolute atomic E-state index is 12.4. The lowest BCUT2D eigenvalue weighted by atomic mass is 10.2. The van der Waals surface area contributed by atoms with Crippen molar-refractivity contribution in [3.8, 4) is 5.69 Å². The largest absolute Gasteiger partial charge is 0.461 e. The first-order valence-corrected chi connectivity index (χ1v) is 9.85. The molecule has 3 rings (SSSR count). The highest BCUT2D eigenvalue weighted by molar-refractivity contribution is 9.10. The molecule has 0 aliphatic rings. The van der Waals surface area contributed by atoms with Crippen molar-refractivity contribution in [2.75, 3.05) is 19.0 Å². The van der Waals surface area contributed by atoms with Crippen LogP contribution in [0.25, 0.3) is 5.69 Å². The average Bonchev–Trinajstić information content (AvgIpc) is 3.21. The fraction of sp³-hybridized carbons (Fsp3) is 0.190. The van der Waals surface area contributed by atoms with Crippen molar-refractivity contribution >= 4 is 33.6 Å². The van der Waals surface area contributed by atoms with Crippen LogP contribution in [0.3, 0.4) is 0 Å². The molecule has 0 spiro atoms. The number of carbonyl (C=O) groups is 2. The minimum atomic E-state index is -0.455. The Kier molecular flexibility index (Phi) is 6.66. The second-order valence-corrected chi connectivity index (χ2v) is 7.24. The Bertz CT molecular complexity index is 984. The van der Waals surface area contributed by atoms with E-state index in [0.717, 1.165) is 15.7 Å². The molecule has 1 heterocycles. The number of hydrogen-bond donors (Lipinski definition) is 1. The quantitative estimate of drug-likeness (QED) is 0.554. The van der Waals surface area contributed by atoms with Crippen LogP contribution in [0.4, 0.5) is 10.5 Å². The number of benzene rings is 2. The van der Waals surface area contributed by atoms with Gasteiger partial charge in [-0.2, -0.15) is 5.10 Å². The van der Waals surface area contributed by atoms with E-state index in [0.29, 0.717) is 18.8 Å². The monoisotopic (exact) mass is 456 g/mol. The molecule has 0 radical (unpaired) electrons. The zero-order valence-electron chi connectivity index (χ0n) is 16.1. The van der Waals surface area contributed by atoms with Gasteiger partial charge >= 0.3 is 12.0 Å². The van der Waals surface area contributed by atoms with Gasteiger partial charge in [-0.1, -0.05) is 28.1 Å². The summed E-state index contributed by atoms with van der Waals surface area (Å²) in [6, 6.07) is 16.4. The fourth-order valence-electron chi connectivity index (χ4n) is 2.63. The molecule has 29 heavy (non-hydrogen) atoms. The highest BCUT2D eigenvalue weighted by Gasteiger charge is 2.12. The highest BCUT2D eigenvalue weighted by Crippen LogP contribution is 2.15. The molecule has 150 valence electrons. The zero-order valence-corrected chi connectivity index (χ0v) is 17.7. The van der Waals surface area contributed by atoms with Crippen LogP contribution >= 0.6 is 15.9 Å². The van der Waals surface area contributed by atoms with Gasteiger partial charge in [-0.25, -0.2) is 14.3 Å². The Morgan fingerprint density at radius 1 is 1.10 bits per heavy atom. The van der Waals surface area contributed by atoms with Gasteiger partial charge in [0.25, 0.3) is 0 Å². The highest BCUT2D eigenvalue weighted by atomic mass is 79.9. The van der Waals surface area contributed by atoms with E-state index in [9.17, 15) is 9.59 Å². The number of halogens is 1. The van der Waals surface area contributed by atoms with Crippen LogP contribution in [0.2, 0.25) is 0 Å². The predicted molar refractivity (Wildman–Crippen MR) is 114 cm³/mol. The number of nitrogens with one attached hydrogen (secondary N) is 1. The van der Waals surface area contributed by atoms with Crippen molar-refractivity contribution in [1.29, 1.82) is 0 Å². The number of urea groups is 1. The topological polar surface area (TPSA) is 76.5 Å². The first-order chi connectivity index (χ1) is 14.0. The summed E-state index contributed by atoms with van der Waals surface area (Å²) in [5.41, 5.74) is 2.72. The number of carbonyl (C=O) groups excluding carboxylic acids is 2. The average molecular weight is 457 g/mol. The number of aromatic nitrogens is 2. The Balaban J connectivity index is 1.60. The van der Waals surface area contributed by atoms with Crippen LogP contribution in [0.1, 0.15) is 23.0 Å². The van der Waals surface area contributed by atoms with Crippen LogP contribution in [-0.2, 0) is 11.3 Å². The molecule has 0 unspecified atom stereocenters. The lowest BCUT2D eigenvalue weighted by Crippen LogP contribution is -2.30. The number of anilines is 1. The standard InChI is InChI=1S/C21H21BrN4O3/c1-3-29-20(27)19-12-13-26(24-19)18-10-8-17(9-11-18)23-21(28)25(2)14-15-4-6-16(22)7-5-15/h4-13H,3,14H2,1-2H3,(H,23,28). The van der Waals surface area contributed by atoms with Gasteiger partial charge in [0.05, 0.1) is 12.3 Å². The summed E-state index contributed by atoms with van der Waals surface area (Å²) in [7, 11) is 1.74. The summed E-state index contributed by atoms with van der Waals surface area (Å²) in [5, 5.41) is 7.08. The van der Waals surface area contributed by atoms with Crippen LogP contribution in [-0.4, -0.2) is 40.3 Å². The third-order valence-corrected chi connectivity index (χ3v) is 4.67. The Morgan fingerprint density at radius 3 is 2.45 bits per heavy atom. The number of hydrogen-bond acceptors (Lipinski definition) is 4. The van der Waals surface area contributed by atoms with Gasteiger partial charge in [-0.3, -0.25) is 0 Å². The van der Waals surface area contributed by atoms with Crippen LogP contribution in [0.15, 0.2) is 65.3 Å². The van der Waals surface area contributed by atoms with Crippen molar-refractivity contribution in [2.45, 2.75) is 13.5 Å². The smallest absolute Gasteiger partial charge is 0.358 e. The molecule has 8 heteroatoms. The predicted octanol–water partition coefficient (Wildman–Crippen LogP) is 4.48. The number of nitrogens with zero attached hydrogens (tertiary/aromatic N) is 3. The summed E-state index contributed by atoms with van der Waals surface area (Å²) in [6.07, 6.45) is 1.69. The third-order valence-electron chi connectivity index (χ3n) is 4.14. The summed E-state index contributed by atoms with van der Waals surface area (Å²) >= 11 is 3.40. The molecule has 1 N–H and O–H groups in total. The molecular weight excluding hydrogens is 436 g/mol. The van der Waals surface area contributed by atoms with Gasteiger partial charge < -0.3 is 15.0 Å². The summed E-state index contributed by atoms with van der Waals surface area (Å²) in [4.78, 5) is 25.7. The molecule has 1 aromatic heterocycles. The lowest BCUT2D eigenvalue weighted by molar-refractivity contribution is 0.0519. The van der Waals surface area contributed by atoms with Crippen molar-refractivity contribution in [3.05, 3.63) is 76.5 Å². The molecule has 0 saturated carbocycles. The van der Waals surface area contributed by atoms with Crippen LogP contribution < -0.4 is 5.32 Å². The van der Waals surface area contributed by atoms with E-state index in [1.54, 1.807) is 47.9 Å². The van der Waals surface area contributed by atoms with Crippen LogP contribution in [0, 0.1) is 0 Å². The minimum Gasteiger partial charge on any atom is -0.461 e. The molecule has 0 bridgehead atoms. The van der Waals surface area contributed by atoms with E-state index in [2.05, 4.69) is 26.3 Å². The SMILES string of the molecule is CCOC(=O)c1ccn(-c2ccc(NC(=O)N(C)Cc3ccc(Br)cc3)cc2)n1. The molecular formula is C21H21BrN4O3. The molecule has 0 aliphatic carbocycles. The number of ether oxygens (including phenoxy) is 1. The first-order valence-electron chi connectivity index (χ1n) is 9.06. The van der Waals surface area contributed by atoms with Crippen molar-refractivity contribution in [3.63, 3.8) is 0 Å². The molecule has 7 nitrogen and oxygen atoms in total. The van der Waals surface area contributed by atoms with E-state index >= 15 is 0 Å². The molecule has 2 aromatic carbocycles. The first kappa shape index (κ1) is 20.6. The number of amides is 2. The fourth-order valence-corrected chi connectivity index (χ4v) is 2.90. The molecule has 3 aromatic rings. The molecule has 2 amide bonds. The van der Waals surface area contributed by atoms with Gasteiger partial charge in [0, 0.05) is 29.9 Å². The van der Waals surface area contributed by atoms with E-state index in [4.69, 9.17) is 4.74 Å². The molecule has 0 atom stereocenters. The number of esters is 1. The van der Waals surface area contributed by atoms with E-state index in [1.165, 1.54) is 0 Å². The van der Waals surface area contributed by atoms with E-state index in [-0.39, 0.29) is 11.7 Å². The van der Waals surface area contributed by atoms with E-state index in [1.807, 2.05) is 36.4 Å². The van der Waals surface area contributed by atoms with Crippen LogP contribution in [0.5, 0.6) is 0 Å². The zero-order chi connectivity index (χ0) is 20.8. The van der Waals surface area contributed by atoms with E-state index < -0.39 is 5.97 Å². The summed E-state index contributed by atoms with van der Waals surface area (Å²) in [6.45, 7) is 2.55. The maximum atomic E-state index is 12.4. The van der Waals surface area contributed by atoms with Gasteiger partial charge in [0.15, 0.2) is 5.69 Å². The lowest BCUT2D eigenvalue weighted by Gasteiger charge is -2.18. The molecule has 0 fully saturated rings. The summed E-state index contributed by atoms with van der Waals surface area (Å²) in [5.74, 6) is -0.455. The normalized spacial score (nSPS) is 10.4. The Morgan fingerprint density at radius 2 is 1.79 bits per heavy atom. The van der Waals surface area contributed by atoms with Crippen molar-refractivity contribution < 1.29 is 14.3 Å². The molecule has 0 saturated heterocycles. The number of rotatable bonds is 6. The summed E-state index contributed by atoms with van der Waals surface area (Å²) < 4.78 is 7.52. The molecule has 0 aliphatic heterocycles. The van der Waals surface area contributed by atoms with Gasteiger partial charge in [0.1, 0.15) is 0 Å².